The monoisotopic (exact) mass is 546 g/mol. The predicted octanol–water partition coefficient (Wildman–Crippen LogP) is 8.54. The summed E-state index contributed by atoms with van der Waals surface area (Å²) in [5.74, 6) is 0. The fraction of sp³-hybridized carbons (Fsp3) is 0.100. The lowest BCUT2D eigenvalue weighted by molar-refractivity contribution is 0.124. The molecule has 0 spiro atoms. The van der Waals surface area contributed by atoms with Gasteiger partial charge in [0.1, 0.15) is 11.2 Å². The fourth-order valence-electron chi connectivity index (χ4n) is 6.27. The summed E-state index contributed by atoms with van der Waals surface area (Å²) in [4.78, 5) is 0. The number of aryl methyl sites for hydroxylation is 2. The second kappa shape index (κ2) is 11.3. The zero-order valence-electron chi connectivity index (χ0n) is 23.9. The van der Waals surface area contributed by atoms with Gasteiger partial charge in [-0.1, -0.05) is 158 Å². The van der Waals surface area contributed by atoms with Crippen LogP contribution in [0.25, 0.3) is 11.1 Å². The molecule has 42 heavy (non-hydrogen) atoms. The minimum Gasteiger partial charge on any atom is -0.376 e. The van der Waals surface area contributed by atoms with Crippen LogP contribution in [0.3, 0.4) is 0 Å². The van der Waals surface area contributed by atoms with Crippen LogP contribution in [0.5, 0.6) is 0 Å². The molecule has 0 aliphatic heterocycles. The van der Waals surface area contributed by atoms with Crippen LogP contribution in [0, 0.1) is 13.8 Å². The largest absolute Gasteiger partial charge is 0.376 e. The van der Waals surface area contributed by atoms with E-state index in [1.807, 2.05) is 146 Å². The summed E-state index contributed by atoms with van der Waals surface area (Å²) in [6.45, 7) is 4.16. The Hall–Kier alpha value is -4.76. The van der Waals surface area contributed by atoms with Gasteiger partial charge in [-0.2, -0.15) is 0 Å². The van der Waals surface area contributed by atoms with E-state index in [9.17, 15) is 10.2 Å². The van der Waals surface area contributed by atoms with Crippen LogP contribution < -0.4 is 0 Å². The minimum absolute atomic E-state index is 0.763. The van der Waals surface area contributed by atoms with Crippen LogP contribution in [0.2, 0.25) is 0 Å². The highest BCUT2D eigenvalue weighted by atomic mass is 16.3. The highest BCUT2D eigenvalue weighted by molar-refractivity contribution is 5.81. The molecule has 0 fully saturated rings. The lowest BCUT2D eigenvalue weighted by Gasteiger charge is -2.36. The third-order valence-corrected chi connectivity index (χ3v) is 8.34. The van der Waals surface area contributed by atoms with E-state index in [4.69, 9.17) is 0 Å². The molecule has 206 valence electrons. The smallest absolute Gasteiger partial charge is 0.141 e. The van der Waals surface area contributed by atoms with E-state index in [2.05, 4.69) is 26.0 Å². The molecule has 0 saturated carbocycles. The Labute approximate surface area is 248 Å². The summed E-state index contributed by atoms with van der Waals surface area (Å²) in [5.41, 5.74) is 5.59. The molecule has 0 amide bonds. The first-order valence-corrected chi connectivity index (χ1v) is 14.3. The summed E-state index contributed by atoms with van der Waals surface area (Å²) in [6, 6.07) is 51.5. The van der Waals surface area contributed by atoms with Crippen LogP contribution in [0.4, 0.5) is 0 Å². The number of hydrogen-bond acceptors (Lipinski definition) is 2. The van der Waals surface area contributed by atoms with E-state index in [-0.39, 0.29) is 0 Å². The molecule has 0 heterocycles. The Bertz CT molecular complexity index is 1580. The van der Waals surface area contributed by atoms with Crippen LogP contribution in [0.15, 0.2) is 158 Å². The van der Waals surface area contributed by atoms with Crippen molar-refractivity contribution in [2.45, 2.75) is 25.0 Å². The molecule has 0 aliphatic carbocycles. The second-order valence-electron chi connectivity index (χ2n) is 10.9. The van der Waals surface area contributed by atoms with Crippen molar-refractivity contribution < 1.29 is 10.2 Å². The summed E-state index contributed by atoms with van der Waals surface area (Å²) >= 11 is 0. The van der Waals surface area contributed by atoms with Gasteiger partial charge in [0, 0.05) is 11.1 Å². The van der Waals surface area contributed by atoms with E-state index in [1.165, 1.54) is 0 Å². The van der Waals surface area contributed by atoms with Crippen LogP contribution in [0.1, 0.15) is 44.5 Å². The Morgan fingerprint density at radius 3 is 0.857 bits per heavy atom. The molecule has 6 aromatic rings. The maximum Gasteiger partial charge on any atom is 0.141 e. The number of hydrogen-bond donors (Lipinski definition) is 2. The van der Waals surface area contributed by atoms with Crippen LogP contribution in [-0.2, 0) is 11.2 Å². The summed E-state index contributed by atoms with van der Waals surface area (Å²) in [6.07, 6.45) is 0. The molecule has 2 heteroatoms. The highest BCUT2D eigenvalue weighted by Gasteiger charge is 2.40. The summed E-state index contributed by atoms with van der Waals surface area (Å²) < 4.78 is 0. The maximum absolute atomic E-state index is 12.9. The second-order valence-corrected chi connectivity index (χ2v) is 10.9. The standard InChI is InChI=1S/C40H34O2/c1-29-17-15-27-35(39(41,31-19-7-3-8-20-31)32-21-9-4-10-22-32)37(29)38-30(2)18-16-28-36(38)40(42,33-23-11-5-12-24-33)34-25-13-6-14-26-34/h3-28,41-42H,1-2H3. The first-order chi connectivity index (χ1) is 20.5. The molecule has 0 atom stereocenters. The minimum atomic E-state index is -1.44. The molecular formula is C40H34O2. The highest BCUT2D eigenvalue weighted by Crippen LogP contribution is 2.48. The van der Waals surface area contributed by atoms with Gasteiger partial charge in [0.25, 0.3) is 0 Å². The van der Waals surface area contributed by atoms with Gasteiger partial charge >= 0.3 is 0 Å². The lowest BCUT2D eigenvalue weighted by Crippen LogP contribution is -2.32. The SMILES string of the molecule is Cc1cccc(C(O)(c2ccccc2)c2ccccc2)c1-c1c(C)cccc1C(O)(c1ccccc1)c1ccccc1. The maximum atomic E-state index is 12.9. The topological polar surface area (TPSA) is 40.5 Å². The molecule has 0 aliphatic rings. The third-order valence-electron chi connectivity index (χ3n) is 8.34. The molecule has 0 saturated heterocycles. The number of benzene rings is 6. The zero-order chi connectivity index (χ0) is 29.2. The molecule has 0 aromatic heterocycles. The molecule has 0 bridgehead atoms. The summed E-state index contributed by atoms with van der Waals surface area (Å²) in [7, 11) is 0. The van der Waals surface area contributed by atoms with Gasteiger partial charge in [0.2, 0.25) is 0 Å². The van der Waals surface area contributed by atoms with Crippen molar-refractivity contribution in [3.8, 4) is 11.1 Å². The molecule has 2 nitrogen and oxygen atoms in total. The van der Waals surface area contributed by atoms with Gasteiger partial charge in [0.05, 0.1) is 0 Å². The number of rotatable bonds is 7. The predicted molar refractivity (Wildman–Crippen MR) is 171 cm³/mol. The normalized spacial score (nSPS) is 11.8. The molecule has 0 radical (unpaired) electrons. The fourth-order valence-corrected chi connectivity index (χ4v) is 6.27. The van der Waals surface area contributed by atoms with Gasteiger partial charge in [-0.3, -0.25) is 0 Å². The molecule has 2 N–H and O–H groups in total. The average molecular weight is 547 g/mol. The van der Waals surface area contributed by atoms with Crippen molar-refractivity contribution in [3.05, 3.63) is 202 Å². The first-order valence-electron chi connectivity index (χ1n) is 14.3. The van der Waals surface area contributed by atoms with Gasteiger partial charge in [-0.15, -0.1) is 0 Å². The van der Waals surface area contributed by atoms with Crippen molar-refractivity contribution in [3.63, 3.8) is 0 Å². The van der Waals surface area contributed by atoms with E-state index in [0.717, 1.165) is 55.6 Å². The van der Waals surface area contributed by atoms with Crippen LogP contribution in [-0.4, -0.2) is 10.2 Å². The quantitative estimate of drug-likeness (QED) is 0.197. The molecule has 6 rings (SSSR count). The van der Waals surface area contributed by atoms with Gasteiger partial charge in [0.15, 0.2) is 0 Å². The van der Waals surface area contributed by atoms with Crippen molar-refractivity contribution >= 4 is 0 Å². The van der Waals surface area contributed by atoms with Gasteiger partial charge in [-0.25, -0.2) is 0 Å². The Morgan fingerprint density at radius 1 is 0.333 bits per heavy atom. The van der Waals surface area contributed by atoms with Crippen molar-refractivity contribution in [2.24, 2.45) is 0 Å². The van der Waals surface area contributed by atoms with Crippen LogP contribution >= 0.6 is 0 Å². The van der Waals surface area contributed by atoms with E-state index in [1.54, 1.807) is 0 Å². The molecule has 0 unspecified atom stereocenters. The first kappa shape index (κ1) is 27.4. The van der Waals surface area contributed by atoms with Crippen molar-refractivity contribution in [2.75, 3.05) is 0 Å². The Morgan fingerprint density at radius 2 is 0.595 bits per heavy atom. The summed E-state index contributed by atoms with van der Waals surface area (Å²) in [5, 5.41) is 25.9. The van der Waals surface area contributed by atoms with Gasteiger partial charge < -0.3 is 10.2 Å². The van der Waals surface area contributed by atoms with E-state index >= 15 is 0 Å². The Balaban J connectivity index is 1.72. The molecular weight excluding hydrogens is 512 g/mol. The Kier molecular flexibility index (Phi) is 7.34. The lowest BCUT2D eigenvalue weighted by atomic mass is 9.72. The van der Waals surface area contributed by atoms with E-state index < -0.39 is 11.2 Å². The van der Waals surface area contributed by atoms with Gasteiger partial charge in [-0.05, 0) is 58.4 Å². The van der Waals surface area contributed by atoms with Crippen molar-refractivity contribution in [1.82, 2.24) is 0 Å². The number of aliphatic hydroxyl groups is 2. The average Bonchev–Trinajstić information content (AvgIpc) is 3.05. The van der Waals surface area contributed by atoms with E-state index in [0.29, 0.717) is 0 Å². The van der Waals surface area contributed by atoms with Crippen molar-refractivity contribution in [1.29, 1.82) is 0 Å². The third kappa shape index (κ3) is 4.55. The zero-order valence-corrected chi connectivity index (χ0v) is 23.9. The molecule has 6 aromatic carbocycles.